The first-order valence-electron chi connectivity index (χ1n) is 5.44. The Labute approximate surface area is 99.1 Å². The molecule has 2 aromatic carbocycles. The molecule has 0 amide bonds. The zero-order chi connectivity index (χ0) is 11.8. The zero-order valence-electron chi connectivity index (χ0n) is 9.39. The number of rotatable bonds is 1. The van der Waals surface area contributed by atoms with Crippen molar-refractivity contribution in [3.05, 3.63) is 54.5 Å². The largest absolute Gasteiger partial charge is 0.233 e. The van der Waals surface area contributed by atoms with Gasteiger partial charge in [0.1, 0.15) is 13.7 Å². The maximum Gasteiger partial charge on any atom is 0.139 e. The lowest BCUT2D eigenvalue weighted by atomic mass is 9.95. The average molecular weight is 224 g/mol. The second-order valence-electron chi connectivity index (χ2n) is 4.10. The number of hydrogen-bond donors (Lipinski definition) is 0. The molecule has 0 unspecified atom stereocenters. The van der Waals surface area contributed by atoms with Gasteiger partial charge in [0, 0.05) is 5.39 Å². The van der Waals surface area contributed by atoms with Crippen molar-refractivity contribution < 1.29 is 4.39 Å². The molecule has 1 heterocycles. The van der Waals surface area contributed by atoms with Crippen LogP contribution in [0.5, 0.6) is 0 Å². The highest BCUT2D eigenvalue weighted by Crippen LogP contribution is 2.17. The fourth-order valence-corrected chi connectivity index (χ4v) is 1.94. The molecule has 3 rings (SSSR count). The van der Waals surface area contributed by atoms with Gasteiger partial charge in [-0.1, -0.05) is 17.6 Å². The molecular weight excluding hydrogens is 214 g/mol. The van der Waals surface area contributed by atoms with Crippen LogP contribution in [0, 0.1) is 5.82 Å². The van der Waals surface area contributed by atoms with Crippen LogP contribution < -0.4 is 5.46 Å². The molecule has 0 aliphatic rings. The van der Waals surface area contributed by atoms with E-state index in [4.69, 9.17) is 0 Å². The molecule has 0 aliphatic carbocycles. The highest BCUT2D eigenvalue weighted by Gasteiger charge is 2.04. The summed E-state index contributed by atoms with van der Waals surface area (Å²) >= 11 is 0. The summed E-state index contributed by atoms with van der Waals surface area (Å²) in [5.41, 5.74) is 3.10. The second kappa shape index (κ2) is 3.73. The van der Waals surface area contributed by atoms with Crippen molar-refractivity contribution in [3.63, 3.8) is 0 Å². The summed E-state index contributed by atoms with van der Waals surface area (Å²) in [5.74, 6) is -0.235. The first-order chi connectivity index (χ1) is 8.24. The summed E-state index contributed by atoms with van der Waals surface area (Å²) in [5, 5.41) is 5.42. The molecule has 0 spiro atoms. The Bertz CT molecular complexity index is 673. The van der Waals surface area contributed by atoms with E-state index in [1.54, 1.807) is 12.1 Å². The molecule has 0 saturated heterocycles. The van der Waals surface area contributed by atoms with E-state index in [0.29, 0.717) is 0 Å². The van der Waals surface area contributed by atoms with E-state index in [1.165, 1.54) is 17.6 Å². The van der Waals surface area contributed by atoms with Crippen molar-refractivity contribution in [1.29, 1.82) is 0 Å². The molecule has 4 heteroatoms. The summed E-state index contributed by atoms with van der Waals surface area (Å²) in [6.07, 6.45) is 1.83. The number of aromatic nitrogens is 2. The topological polar surface area (TPSA) is 17.8 Å². The van der Waals surface area contributed by atoms with Crippen LogP contribution in [0.3, 0.4) is 0 Å². The Balaban J connectivity index is 2.21. The third-order valence-electron chi connectivity index (χ3n) is 2.79. The molecular formula is C13H10BFN2. The van der Waals surface area contributed by atoms with E-state index >= 15 is 0 Å². The Hall–Kier alpha value is -2.10. The van der Waals surface area contributed by atoms with E-state index < -0.39 is 0 Å². The molecule has 0 N–H and O–H groups in total. The fourth-order valence-electron chi connectivity index (χ4n) is 1.94. The van der Waals surface area contributed by atoms with Gasteiger partial charge in [0.15, 0.2) is 0 Å². The number of hydrogen-bond acceptors (Lipinski definition) is 1. The van der Waals surface area contributed by atoms with Crippen molar-refractivity contribution in [2.24, 2.45) is 0 Å². The normalized spacial score (nSPS) is 10.9. The second-order valence-corrected chi connectivity index (χ2v) is 4.10. The molecule has 0 radical (unpaired) electrons. The Morgan fingerprint density at radius 3 is 2.59 bits per heavy atom. The lowest BCUT2D eigenvalue weighted by Gasteiger charge is -2.03. The number of benzene rings is 2. The SMILES string of the molecule is Bc1ccc2c(cnn2-c2ccc(F)cc2)c1. The molecule has 2 nitrogen and oxygen atoms in total. The lowest BCUT2D eigenvalue weighted by molar-refractivity contribution is 0.627. The zero-order valence-corrected chi connectivity index (χ0v) is 9.39. The average Bonchev–Trinajstić information content (AvgIpc) is 2.73. The number of fused-ring (bicyclic) bond motifs is 1. The van der Waals surface area contributed by atoms with Crippen LogP contribution >= 0.6 is 0 Å². The summed E-state index contributed by atoms with van der Waals surface area (Å²) in [6, 6.07) is 12.5. The van der Waals surface area contributed by atoms with Gasteiger partial charge in [-0.25, -0.2) is 9.07 Å². The van der Waals surface area contributed by atoms with Gasteiger partial charge >= 0.3 is 0 Å². The minimum Gasteiger partial charge on any atom is -0.233 e. The van der Waals surface area contributed by atoms with Crippen LogP contribution in [-0.2, 0) is 0 Å². The van der Waals surface area contributed by atoms with Crippen molar-refractivity contribution in [3.8, 4) is 5.69 Å². The molecule has 17 heavy (non-hydrogen) atoms. The van der Waals surface area contributed by atoms with E-state index in [-0.39, 0.29) is 5.82 Å². The van der Waals surface area contributed by atoms with Crippen LogP contribution in [0.4, 0.5) is 4.39 Å². The Morgan fingerprint density at radius 2 is 1.82 bits per heavy atom. The summed E-state index contributed by atoms with van der Waals surface area (Å²) in [4.78, 5) is 0. The predicted molar refractivity (Wildman–Crippen MR) is 69.2 cm³/mol. The smallest absolute Gasteiger partial charge is 0.139 e. The van der Waals surface area contributed by atoms with E-state index in [1.807, 2.05) is 23.0 Å². The van der Waals surface area contributed by atoms with E-state index in [0.717, 1.165) is 16.6 Å². The van der Waals surface area contributed by atoms with E-state index in [9.17, 15) is 4.39 Å². The minimum atomic E-state index is -0.235. The maximum atomic E-state index is 12.9. The van der Waals surface area contributed by atoms with Crippen molar-refractivity contribution in [2.75, 3.05) is 0 Å². The van der Waals surface area contributed by atoms with Gasteiger partial charge in [0.05, 0.1) is 17.4 Å². The molecule has 0 aliphatic heterocycles. The first kappa shape index (κ1) is 10.1. The van der Waals surface area contributed by atoms with Crippen LogP contribution in [0.25, 0.3) is 16.6 Å². The van der Waals surface area contributed by atoms with Gasteiger partial charge in [0.2, 0.25) is 0 Å². The molecule has 0 saturated carbocycles. The third kappa shape index (κ3) is 1.71. The fraction of sp³-hybridized carbons (Fsp3) is 0. The van der Waals surface area contributed by atoms with Crippen molar-refractivity contribution in [1.82, 2.24) is 9.78 Å². The highest BCUT2D eigenvalue weighted by atomic mass is 19.1. The quantitative estimate of drug-likeness (QED) is 0.571. The van der Waals surface area contributed by atoms with Crippen molar-refractivity contribution >= 4 is 24.2 Å². The maximum absolute atomic E-state index is 12.9. The Morgan fingerprint density at radius 1 is 1.06 bits per heavy atom. The van der Waals surface area contributed by atoms with Gasteiger partial charge in [0.25, 0.3) is 0 Å². The molecule has 3 aromatic rings. The monoisotopic (exact) mass is 224 g/mol. The predicted octanol–water partition coefficient (Wildman–Crippen LogP) is 1.42. The first-order valence-corrected chi connectivity index (χ1v) is 5.44. The van der Waals surface area contributed by atoms with Gasteiger partial charge in [-0.2, -0.15) is 5.10 Å². The van der Waals surface area contributed by atoms with Crippen LogP contribution in [0.15, 0.2) is 48.7 Å². The molecule has 0 fully saturated rings. The van der Waals surface area contributed by atoms with Gasteiger partial charge in [-0.05, 0) is 30.3 Å². The Kier molecular flexibility index (Phi) is 2.21. The number of nitrogens with zero attached hydrogens (tertiary/aromatic N) is 2. The highest BCUT2D eigenvalue weighted by molar-refractivity contribution is 6.33. The summed E-state index contributed by atoms with van der Waals surface area (Å²) < 4.78 is 14.7. The molecule has 0 atom stereocenters. The molecule has 0 bridgehead atoms. The standard InChI is InChI=1S/C13H10BFN2/c14-10-1-6-13-9(7-10)8-16-17(13)12-4-2-11(15)3-5-12/h1-8H,14H2. The van der Waals surface area contributed by atoms with Gasteiger partial charge < -0.3 is 0 Å². The minimum absolute atomic E-state index is 0.235. The van der Waals surface area contributed by atoms with Crippen LogP contribution in [0.1, 0.15) is 0 Å². The lowest BCUT2D eigenvalue weighted by Crippen LogP contribution is -2.01. The molecule has 1 aromatic heterocycles. The summed E-state index contributed by atoms with van der Waals surface area (Å²) in [6.45, 7) is 0. The number of halogens is 1. The molecule has 82 valence electrons. The third-order valence-corrected chi connectivity index (χ3v) is 2.79. The van der Waals surface area contributed by atoms with Crippen molar-refractivity contribution in [2.45, 2.75) is 0 Å². The van der Waals surface area contributed by atoms with Crippen LogP contribution in [0.2, 0.25) is 0 Å². The van der Waals surface area contributed by atoms with Crippen LogP contribution in [-0.4, -0.2) is 17.6 Å². The van der Waals surface area contributed by atoms with E-state index in [2.05, 4.69) is 19.0 Å². The van der Waals surface area contributed by atoms with Gasteiger partial charge in [-0.3, -0.25) is 0 Å². The van der Waals surface area contributed by atoms with Gasteiger partial charge in [-0.15, -0.1) is 0 Å². The summed E-state index contributed by atoms with van der Waals surface area (Å²) in [7, 11) is 2.05.